The average molecular weight is 235 g/mol. The largest absolute Gasteiger partial charge is 0.378 e. The molecule has 1 unspecified atom stereocenters. The summed E-state index contributed by atoms with van der Waals surface area (Å²) in [5, 5.41) is 3.12. The van der Waals surface area contributed by atoms with Gasteiger partial charge in [-0.3, -0.25) is 0 Å². The topological polar surface area (TPSA) is 47.0 Å². The molecule has 1 atom stereocenters. The van der Waals surface area contributed by atoms with Crippen molar-refractivity contribution in [1.82, 2.24) is 15.3 Å². The Morgan fingerprint density at radius 3 is 3.00 bits per heavy atom. The van der Waals surface area contributed by atoms with E-state index >= 15 is 0 Å². The summed E-state index contributed by atoms with van der Waals surface area (Å²) < 4.78 is 5.73. The van der Waals surface area contributed by atoms with Crippen molar-refractivity contribution < 1.29 is 4.74 Å². The summed E-state index contributed by atoms with van der Waals surface area (Å²) in [4.78, 5) is 9.06. The molecule has 1 aliphatic rings. The lowest BCUT2D eigenvalue weighted by Gasteiger charge is -2.22. The van der Waals surface area contributed by atoms with E-state index < -0.39 is 0 Å². The monoisotopic (exact) mass is 235 g/mol. The Bertz CT molecular complexity index is 362. The molecule has 0 aliphatic carbocycles. The molecule has 0 radical (unpaired) electrons. The zero-order chi connectivity index (χ0) is 12.1. The number of nitrogens with zero attached hydrogens (tertiary/aromatic N) is 2. The minimum atomic E-state index is 0.313. The van der Waals surface area contributed by atoms with Crippen LogP contribution in [0, 0.1) is 6.92 Å². The van der Waals surface area contributed by atoms with Gasteiger partial charge in [0.1, 0.15) is 5.82 Å². The van der Waals surface area contributed by atoms with E-state index in [2.05, 4.69) is 15.3 Å². The van der Waals surface area contributed by atoms with Crippen LogP contribution in [0.15, 0.2) is 6.07 Å². The number of aryl methyl sites for hydroxylation is 1. The number of rotatable bonds is 4. The molecule has 0 bridgehead atoms. The number of hydrogen-bond acceptors (Lipinski definition) is 4. The van der Waals surface area contributed by atoms with E-state index in [1.165, 1.54) is 12.8 Å². The zero-order valence-corrected chi connectivity index (χ0v) is 10.7. The van der Waals surface area contributed by atoms with E-state index in [0.29, 0.717) is 6.10 Å². The third-order valence-electron chi connectivity index (χ3n) is 3.00. The van der Waals surface area contributed by atoms with Gasteiger partial charge in [-0.15, -0.1) is 0 Å². The van der Waals surface area contributed by atoms with Crippen LogP contribution in [0.4, 0.5) is 0 Å². The molecular formula is C13H21N3O. The van der Waals surface area contributed by atoms with Crippen LogP contribution in [-0.4, -0.2) is 29.7 Å². The quantitative estimate of drug-likeness (QED) is 0.861. The lowest BCUT2D eigenvalue weighted by molar-refractivity contribution is 0.0156. The van der Waals surface area contributed by atoms with Crippen LogP contribution in [0.3, 0.4) is 0 Å². The summed E-state index contributed by atoms with van der Waals surface area (Å²) >= 11 is 0. The van der Waals surface area contributed by atoms with Crippen molar-refractivity contribution in [3.63, 3.8) is 0 Å². The van der Waals surface area contributed by atoms with Crippen LogP contribution in [0.2, 0.25) is 0 Å². The molecule has 0 aromatic carbocycles. The molecule has 1 aliphatic heterocycles. The highest BCUT2D eigenvalue weighted by atomic mass is 16.5. The third kappa shape index (κ3) is 3.75. The normalized spacial score (nSPS) is 20.5. The number of aromatic nitrogens is 2. The van der Waals surface area contributed by atoms with Crippen molar-refractivity contribution in [2.45, 2.75) is 45.3 Å². The lowest BCUT2D eigenvalue weighted by Crippen LogP contribution is -2.23. The highest BCUT2D eigenvalue weighted by Crippen LogP contribution is 2.16. The van der Waals surface area contributed by atoms with Crippen LogP contribution in [0.25, 0.3) is 0 Å². The number of nitrogens with one attached hydrogen (secondary N) is 1. The van der Waals surface area contributed by atoms with Gasteiger partial charge in [0.2, 0.25) is 0 Å². The van der Waals surface area contributed by atoms with Gasteiger partial charge in [-0.05, 0) is 39.3 Å². The van der Waals surface area contributed by atoms with Crippen LogP contribution in [-0.2, 0) is 17.7 Å². The standard InChI is InChI=1S/C13H21N3O/c1-10-7-11(9-14-2)16-13(15-10)8-12-5-3-4-6-17-12/h7,12,14H,3-6,8-9H2,1-2H3. The molecule has 0 amide bonds. The summed E-state index contributed by atoms with van der Waals surface area (Å²) in [6.07, 6.45) is 4.75. The van der Waals surface area contributed by atoms with Gasteiger partial charge in [0.15, 0.2) is 0 Å². The van der Waals surface area contributed by atoms with Crippen molar-refractivity contribution in [2.24, 2.45) is 0 Å². The van der Waals surface area contributed by atoms with Crippen molar-refractivity contribution in [1.29, 1.82) is 0 Å². The lowest BCUT2D eigenvalue weighted by atomic mass is 10.1. The Labute approximate surface area is 103 Å². The van der Waals surface area contributed by atoms with E-state index in [1.807, 2.05) is 20.0 Å². The van der Waals surface area contributed by atoms with Gasteiger partial charge in [0.05, 0.1) is 11.8 Å². The van der Waals surface area contributed by atoms with Gasteiger partial charge in [0.25, 0.3) is 0 Å². The molecule has 1 N–H and O–H groups in total. The van der Waals surface area contributed by atoms with Gasteiger partial charge in [-0.1, -0.05) is 0 Å². The molecule has 17 heavy (non-hydrogen) atoms. The van der Waals surface area contributed by atoms with Crippen molar-refractivity contribution >= 4 is 0 Å². The second kappa shape index (κ2) is 6.07. The molecule has 0 saturated carbocycles. The van der Waals surface area contributed by atoms with Gasteiger partial charge in [-0.25, -0.2) is 9.97 Å². The smallest absolute Gasteiger partial charge is 0.131 e. The molecule has 2 rings (SSSR count). The molecule has 2 heterocycles. The Morgan fingerprint density at radius 2 is 2.29 bits per heavy atom. The Balaban J connectivity index is 2.03. The first kappa shape index (κ1) is 12.5. The molecule has 4 nitrogen and oxygen atoms in total. The maximum atomic E-state index is 5.73. The number of ether oxygens (including phenoxy) is 1. The fourth-order valence-electron chi connectivity index (χ4n) is 2.24. The van der Waals surface area contributed by atoms with Gasteiger partial charge in [0, 0.05) is 25.3 Å². The first-order valence-corrected chi connectivity index (χ1v) is 6.37. The SMILES string of the molecule is CNCc1cc(C)nc(CC2CCCCO2)n1. The summed E-state index contributed by atoms with van der Waals surface area (Å²) in [6.45, 7) is 3.70. The molecule has 4 heteroatoms. The maximum Gasteiger partial charge on any atom is 0.131 e. The van der Waals surface area contributed by atoms with Gasteiger partial charge in [-0.2, -0.15) is 0 Å². The Hall–Kier alpha value is -1.00. The second-order valence-corrected chi connectivity index (χ2v) is 4.64. The Kier molecular flexibility index (Phi) is 4.45. The fraction of sp³-hybridized carbons (Fsp3) is 0.692. The molecule has 1 aromatic heterocycles. The van der Waals surface area contributed by atoms with E-state index in [9.17, 15) is 0 Å². The maximum absolute atomic E-state index is 5.73. The molecular weight excluding hydrogens is 214 g/mol. The average Bonchev–Trinajstić information content (AvgIpc) is 2.30. The van der Waals surface area contributed by atoms with Crippen LogP contribution >= 0.6 is 0 Å². The summed E-state index contributed by atoms with van der Waals surface area (Å²) in [5.41, 5.74) is 2.10. The summed E-state index contributed by atoms with van der Waals surface area (Å²) in [6, 6.07) is 2.03. The van der Waals surface area contributed by atoms with E-state index in [0.717, 1.165) is 43.2 Å². The van der Waals surface area contributed by atoms with E-state index in [1.54, 1.807) is 0 Å². The van der Waals surface area contributed by atoms with Crippen molar-refractivity contribution in [3.8, 4) is 0 Å². The van der Waals surface area contributed by atoms with Crippen molar-refractivity contribution in [3.05, 3.63) is 23.3 Å². The predicted molar refractivity (Wildman–Crippen MR) is 66.8 cm³/mol. The second-order valence-electron chi connectivity index (χ2n) is 4.64. The van der Waals surface area contributed by atoms with Gasteiger partial charge >= 0.3 is 0 Å². The van der Waals surface area contributed by atoms with Crippen LogP contribution in [0.1, 0.15) is 36.5 Å². The fourth-order valence-corrected chi connectivity index (χ4v) is 2.24. The van der Waals surface area contributed by atoms with Crippen LogP contribution in [0.5, 0.6) is 0 Å². The molecule has 1 saturated heterocycles. The molecule has 1 aromatic rings. The molecule has 1 fully saturated rings. The molecule has 94 valence electrons. The van der Waals surface area contributed by atoms with Gasteiger partial charge < -0.3 is 10.1 Å². The predicted octanol–water partition coefficient (Wildman–Crippen LogP) is 1.62. The first-order valence-electron chi connectivity index (χ1n) is 6.37. The minimum absolute atomic E-state index is 0.313. The van der Waals surface area contributed by atoms with E-state index in [4.69, 9.17) is 4.74 Å². The van der Waals surface area contributed by atoms with Crippen molar-refractivity contribution in [2.75, 3.05) is 13.7 Å². The minimum Gasteiger partial charge on any atom is -0.378 e. The Morgan fingerprint density at radius 1 is 1.41 bits per heavy atom. The third-order valence-corrected chi connectivity index (χ3v) is 3.00. The van der Waals surface area contributed by atoms with Crippen LogP contribution < -0.4 is 5.32 Å². The number of hydrogen-bond donors (Lipinski definition) is 1. The zero-order valence-electron chi connectivity index (χ0n) is 10.7. The molecule has 0 spiro atoms. The summed E-state index contributed by atoms with van der Waals surface area (Å²) in [7, 11) is 1.93. The highest BCUT2D eigenvalue weighted by molar-refractivity contribution is 5.10. The highest BCUT2D eigenvalue weighted by Gasteiger charge is 2.16. The first-order chi connectivity index (χ1) is 8.28. The summed E-state index contributed by atoms with van der Waals surface area (Å²) in [5.74, 6) is 0.919. The van der Waals surface area contributed by atoms with E-state index in [-0.39, 0.29) is 0 Å².